The highest BCUT2D eigenvalue weighted by atomic mass is 35.5. The summed E-state index contributed by atoms with van der Waals surface area (Å²) in [6.45, 7) is 1.92. The fraction of sp³-hybridized carbons (Fsp3) is 0.250. The van der Waals surface area contributed by atoms with E-state index in [-0.39, 0.29) is 19.0 Å². The molecular formula is C16H16ClFO3. The zero-order chi connectivity index (χ0) is 15.4. The van der Waals surface area contributed by atoms with Crippen molar-refractivity contribution < 1.29 is 19.0 Å². The second-order valence-corrected chi connectivity index (χ2v) is 5.03. The Kier molecular flexibility index (Phi) is 5.04. The fourth-order valence-electron chi connectivity index (χ4n) is 1.95. The van der Waals surface area contributed by atoms with E-state index >= 15 is 0 Å². The highest BCUT2D eigenvalue weighted by molar-refractivity contribution is 6.32. The predicted octanol–water partition coefficient (Wildman–Crippen LogP) is 3.87. The molecule has 3 nitrogen and oxygen atoms in total. The first kappa shape index (κ1) is 15.6. The van der Waals surface area contributed by atoms with Crippen molar-refractivity contribution in [2.45, 2.75) is 20.1 Å². The van der Waals surface area contributed by atoms with Crippen LogP contribution >= 0.6 is 11.6 Å². The third-order valence-electron chi connectivity index (χ3n) is 3.15. The van der Waals surface area contributed by atoms with Crippen molar-refractivity contribution in [2.24, 2.45) is 0 Å². The van der Waals surface area contributed by atoms with Gasteiger partial charge in [0.2, 0.25) is 0 Å². The minimum atomic E-state index is -0.312. The number of benzene rings is 2. The molecule has 0 aromatic heterocycles. The molecule has 2 aromatic carbocycles. The van der Waals surface area contributed by atoms with Gasteiger partial charge in [-0.1, -0.05) is 17.7 Å². The van der Waals surface area contributed by atoms with Crippen LogP contribution in [-0.4, -0.2) is 12.2 Å². The van der Waals surface area contributed by atoms with E-state index in [2.05, 4.69) is 0 Å². The van der Waals surface area contributed by atoms with Gasteiger partial charge in [0.15, 0.2) is 11.5 Å². The molecule has 0 radical (unpaired) electrons. The van der Waals surface area contributed by atoms with Crippen molar-refractivity contribution in [3.63, 3.8) is 0 Å². The summed E-state index contributed by atoms with van der Waals surface area (Å²) in [5.41, 5.74) is 2.30. The van der Waals surface area contributed by atoms with Gasteiger partial charge < -0.3 is 14.6 Å². The summed E-state index contributed by atoms with van der Waals surface area (Å²) in [6.07, 6.45) is 0. The first-order valence-electron chi connectivity index (χ1n) is 6.40. The van der Waals surface area contributed by atoms with Crippen molar-refractivity contribution >= 4 is 11.6 Å². The van der Waals surface area contributed by atoms with Gasteiger partial charge in [-0.25, -0.2) is 4.39 Å². The smallest absolute Gasteiger partial charge is 0.180 e. The molecule has 0 saturated carbocycles. The topological polar surface area (TPSA) is 38.7 Å². The Bertz CT molecular complexity index is 644. The average molecular weight is 311 g/mol. The van der Waals surface area contributed by atoms with E-state index in [0.717, 1.165) is 11.1 Å². The van der Waals surface area contributed by atoms with Crippen LogP contribution in [0.15, 0.2) is 30.3 Å². The van der Waals surface area contributed by atoms with Crippen molar-refractivity contribution in [2.75, 3.05) is 7.11 Å². The van der Waals surface area contributed by atoms with E-state index in [9.17, 15) is 4.39 Å². The van der Waals surface area contributed by atoms with Crippen molar-refractivity contribution in [1.82, 2.24) is 0 Å². The maximum absolute atomic E-state index is 13.3. The van der Waals surface area contributed by atoms with E-state index in [0.29, 0.717) is 22.1 Å². The van der Waals surface area contributed by atoms with Crippen LogP contribution in [0.4, 0.5) is 4.39 Å². The van der Waals surface area contributed by atoms with E-state index < -0.39 is 0 Å². The van der Waals surface area contributed by atoms with Crippen LogP contribution in [0, 0.1) is 12.7 Å². The first-order valence-corrected chi connectivity index (χ1v) is 6.78. The lowest BCUT2D eigenvalue weighted by atomic mass is 10.1. The predicted molar refractivity (Wildman–Crippen MR) is 79.4 cm³/mol. The number of hydrogen-bond donors (Lipinski definition) is 1. The number of halogens is 2. The van der Waals surface area contributed by atoms with Crippen LogP contribution in [0.25, 0.3) is 0 Å². The molecule has 0 aliphatic carbocycles. The molecule has 0 bridgehead atoms. The summed E-state index contributed by atoms with van der Waals surface area (Å²) in [4.78, 5) is 0. The Morgan fingerprint density at radius 3 is 2.67 bits per heavy atom. The van der Waals surface area contributed by atoms with E-state index in [1.807, 2.05) is 6.92 Å². The first-order chi connectivity index (χ1) is 10.0. The standard InChI is InChI=1S/C16H16ClFO3/c1-10-3-4-13(18)7-12(10)9-21-16-14(17)5-11(8-19)6-15(16)20-2/h3-7,19H,8-9H2,1-2H3. The Morgan fingerprint density at radius 2 is 2.00 bits per heavy atom. The molecule has 21 heavy (non-hydrogen) atoms. The minimum absolute atomic E-state index is 0.140. The van der Waals surface area contributed by atoms with Crippen LogP contribution in [0.1, 0.15) is 16.7 Å². The molecule has 2 aromatic rings. The van der Waals surface area contributed by atoms with E-state index in [1.165, 1.54) is 19.2 Å². The largest absolute Gasteiger partial charge is 0.493 e. The lowest BCUT2D eigenvalue weighted by Crippen LogP contribution is -2.01. The van der Waals surface area contributed by atoms with Gasteiger partial charge >= 0.3 is 0 Å². The van der Waals surface area contributed by atoms with Crippen LogP contribution in [0.2, 0.25) is 5.02 Å². The Hall–Kier alpha value is -1.78. The highest BCUT2D eigenvalue weighted by Crippen LogP contribution is 2.37. The lowest BCUT2D eigenvalue weighted by molar-refractivity contribution is 0.274. The molecule has 0 aliphatic rings. The Balaban J connectivity index is 2.25. The number of rotatable bonds is 5. The van der Waals surface area contributed by atoms with Gasteiger partial charge in [-0.05, 0) is 47.9 Å². The van der Waals surface area contributed by atoms with Crippen LogP contribution in [-0.2, 0) is 13.2 Å². The van der Waals surface area contributed by atoms with Gasteiger partial charge in [-0.3, -0.25) is 0 Å². The number of aryl methyl sites for hydroxylation is 1. The zero-order valence-electron chi connectivity index (χ0n) is 11.8. The molecule has 0 aliphatic heterocycles. The summed E-state index contributed by atoms with van der Waals surface area (Å²) in [5.74, 6) is 0.494. The molecule has 0 atom stereocenters. The summed E-state index contributed by atoms with van der Waals surface area (Å²) >= 11 is 6.14. The van der Waals surface area contributed by atoms with Crippen LogP contribution < -0.4 is 9.47 Å². The second kappa shape index (κ2) is 6.78. The third kappa shape index (κ3) is 3.65. The second-order valence-electron chi connectivity index (χ2n) is 4.63. The van der Waals surface area contributed by atoms with Gasteiger partial charge in [0.25, 0.3) is 0 Å². The number of ether oxygens (including phenoxy) is 2. The van der Waals surface area contributed by atoms with E-state index in [4.69, 9.17) is 26.2 Å². The number of aliphatic hydroxyl groups excluding tert-OH is 1. The fourth-order valence-corrected chi connectivity index (χ4v) is 2.24. The molecule has 0 unspecified atom stereocenters. The van der Waals surface area contributed by atoms with Gasteiger partial charge in [-0.15, -0.1) is 0 Å². The molecule has 0 fully saturated rings. The maximum Gasteiger partial charge on any atom is 0.180 e. The van der Waals surface area contributed by atoms with Gasteiger partial charge in [0, 0.05) is 0 Å². The van der Waals surface area contributed by atoms with Crippen molar-refractivity contribution in [3.8, 4) is 11.5 Å². The number of aliphatic hydroxyl groups is 1. The van der Waals surface area contributed by atoms with Gasteiger partial charge in [-0.2, -0.15) is 0 Å². The zero-order valence-corrected chi connectivity index (χ0v) is 12.6. The summed E-state index contributed by atoms with van der Waals surface area (Å²) < 4.78 is 24.2. The highest BCUT2D eigenvalue weighted by Gasteiger charge is 2.13. The number of hydrogen-bond acceptors (Lipinski definition) is 3. The lowest BCUT2D eigenvalue weighted by Gasteiger charge is -2.14. The van der Waals surface area contributed by atoms with Crippen LogP contribution in [0.3, 0.4) is 0 Å². The van der Waals surface area contributed by atoms with E-state index in [1.54, 1.807) is 18.2 Å². The molecule has 0 amide bonds. The quantitative estimate of drug-likeness (QED) is 0.911. The molecule has 1 N–H and O–H groups in total. The normalized spacial score (nSPS) is 10.5. The minimum Gasteiger partial charge on any atom is -0.493 e. The monoisotopic (exact) mass is 310 g/mol. The van der Waals surface area contributed by atoms with Gasteiger partial charge in [0.1, 0.15) is 12.4 Å². The van der Waals surface area contributed by atoms with Crippen molar-refractivity contribution in [1.29, 1.82) is 0 Å². The number of methoxy groups -OCH3 is 1. The van der Waals surface area contributed by atoms with Crippen molar-refractivity contribution in [3.05, 3.63) is 57.9 Å². The molecular weight excluding hydrogens is 295 g/mol. The van der Waals surface area contributed by atoms with Gasteiger partial charge in [0.05, 0.1) is 18.7 Å². The molecule has 2 rings (SSSR count). The Morgan fingerprint density at radius 1 is 1.24 bits per heavy atom. The molecule has 0 spiro atoms. The molecule has 5 heteroatoms. The molecule has 0 saturated heterocycles. The summed E-state index contributed by atoms with van der Waals surface area (Å²) in [6, 6.07) is 7.79. The summed E-state index contributed by atoms with van der Waals surface area (Å²) in [5, 5.41) is 9.49. The average Bonchev–Trinajstić information content (AvgIpc) is 2.48. The summed E-state index contributed by atoms with van der Waals surface area (Å²) in [7, 11) is 1.49. The Labute approximate surface area is 127 Å². The SMILES string of the molecule is COc1cc(CO)cc(Cl)c1OCc1cc(F)ccc1C. The third-order valence-corrected chi connectivity index (χ3v) is 3.44. The molecule has 112 valence electrons. The van der Waals surface area contributed by atoms with Crippen LogP contribution in [0.5, 0.6) is 11.5 Å². The molecule has 0 heterocycles. The maximum atomic E-state index is 13.3.